The lowest BCUT2D eigenvalue weighted by Gasteiger charge is -2.41. The van der Waals surface area contributed by atoms with Crippen molar-refractivity contribution in [2.45, 2.75) is 59.0 Å². The molecule has 1 heterocycles. The highest BCUT2D eigenvalue weighted by molar-refractivity contribution is 5.30. The number of imidazole rings is 1. The zero-order valence-corrected chi connectivity index (χ0v) is 14.6. The van der Waals surface area contributed by atoms with Crippen LogP contribution >= 0.6 is 0 Å². The van der Waals surface area contributed by atoms with Crippen LogP contribution in [0.15, 0.2) is 6.20 Å². The van der Waals surface area contributed by atoms with Crippen molar-refractivity contribution < 1.29 is 0 Å². The molecule has 4 heteroatoms. The van der Waals surface area contributed by atoms with Crippen LogP contribution in [0.4, 0.5) is 5.95 Å². The first-order valence-electron chi connectivity index (χ1n) is 8.22. The van der Waals surface area contributed by atoms with Crippen molar-refractivity contribution in [2.75, 3.05) is 19.0 Å². The Hall–Kier alpha value is -1.03. The third-order valence-electron chi connectivity index (χ3n) is 4.88. The van der Waals surface area contributed by atoms with E-state index in [1.807, 2.05) is 20.3 Å². The molecule has 1 saturated carbocycles. The molecule has 4 nitrogen and oxygen atoms in total. The Morgan fingerprint density at radius 2 is 1.95 bits per heavy atom. The average molecular weight is 292 g/mol. The Kier molecular flexibility index (Phi) is 4.97. The standard InChI is InChI=1S/C17H32N4/c1-17(2,3)14-9-7-8-10-15(14)18-11-13-12-19-16(20(4)5)21(13)6/h12,14-15,18H,7-11H2,1-6H3. The maximum absolute atomic E-state index is 4.50. The van der Waals surface area contributed by atoms with Gasteiger partial charge in [-0.3, -0.25) is 0 Å². The van der Waals surface area contributed by atoms with Crippen LogP contribution < -0.4 is 10.2 Å². The van der Waals surface area contributed by atoms with Crippen molar-refractivity contribution in [3.63, 3.8) is 0 Å². The first-order valence-corrected chi connectivity index (χ1v) is 8.22. The predicted octanol–water partition coefficient (Wildman–Crippen LogP) is 3.18. The van der Waals surface area contributed by atoms with Gasteiger partial charge in [0, 0.05) is 33.7 Å². The fraction of sp³-hybridized carbons (Fsp3) is 0.824. The second kappa shape index (κ2) is 6.39. The van der Waals surface area contributed by atoms with Crippen molar-refractivity contribution in [1.82, 2.24) is 14.9 Å². The van der Waals surface area contributed by atoms with Crippen LogP contribution in [0.2, 0.25) is 0 Å². The van der Waals surface area contributed by atoms with Crippen LogP contribution in [0.25, 0.3) is 0 Å². The van der Waals surface area contributed by atoms with E-state index in [-0.39, 0.29) is 0 Å². The molecule has 0 aromatic carbocycles. The molecular weight excluding hydrogens is 260 g/mol. The fourth-order valence-electron chi connectivity index (χ4n) is 3.66. The molecule has 0 aliphatic heterocycles. The van der Waals surface area contributed by atoms with Gasteiger partial charge in [0.25, 0.3) is 0 Å². The molecular formula is C17H32N4. The molecule has 2 unspecified atom stereocenters. The second-order valence-corrected chi connectivity index (χ2v) is 7.75. The molecule has 1 fully saturated rings. The molecule has 0 spiro atoms. The van der Waals surface area contributed by atoms with Crippen LogP contribution in [-0.2, 0) is 13.6 Å². The van der Waals surface area contributed by atoms with E-state index in [0.717, 1.165) is 18.4 Å². The number of nitrogens with zero attached hydrogens (tertiary/aromatic N) is 3. The van der Waals surface area contributed by atoms with Crippen molar-refractivity contribution in [3.05, 3.63) is 11.9 Å². The minimum absolute atomic E-state index is 0.388. The average Bonchev–Trinajstić information content (AvgIpc) is 2.77. The van der Waals surface area contributed by atoms with Crippen molar-refractivity contribution in [1.29, 1.82) is 0 Å². The van der Waals surface area contributed by atoms with E-state index in [1.165, 1.54) is 31.4 Å². The number of aromatic nitrogens is 2. The predicted molar refractivity (Wildman–Crippen MR) is 89.6 cm³/mol. The molecule has 1 N–H and O–H groups in total. The third-order valence-corrected chi connectivity index (χ3v) is 4.88. The SMILES string of the molecule is CN(C)c1ncc(CNC2CCCCC2C(C)(C)C)n1C. The molecule has 1 aliphatic carbocycles. The van der Waals surface area contributed by atoms with Gasteiger partial charge >= 0.3 is 0 Å². The van der Waals surface area contributed by atoms with E-state index in [4.69, 9.17) is 0 Å². The van der Waals surface area contributed by atoms with E-state index in [0.29, 0.717) is 11.5 Å². The van der Waals surface area contributed by atoms with Gasteiger partial charge in [0.1, 0.15) is 0 Å². The van der Waals surface area contributed by atoms with E-state index >= 15 is 0 Å². The van der Waals surface area contributed by atoms with E-state index < -0.39 is 0 Å². The summed E-state index contributed by atoms with van der Waals surface area (Å²) >= 11 is 0. The molecule has 2 atom stereocenters. The molecule has 0 radical (unpaired) electrons. The Morgan fingerprint density at radius 1 is 1.29 bits per heavy atom. The molecule has 1 aromatic rings. The summed E-state index contributed by atoms with van der Waals surface area (Å²) in [7, 11) is 6.17. The first kappa shape index (κ1) is 16.3. The normalized spacial score (nSPS) is 23.3. The lowest BCUT2D eigenvalue weighted by atomic mass is 9.69. The minimum Gasteiger partial charge on any atom is -0.348 e. The van der Waals surface area contributed by atoms with Crippen LogP contribution in [0.5, 0.6) is 0 Å². The van der Waals surface area contributed by atoms with Gasteiger partial charge in [-0.25, -0.2) is 4.98 Å². The maximum Gasteiger partial charge on any atom is 0.204 e. The summed E-state index contributed by atoms with van der Waals surface area (Å²) in [5.74, 6) is 1.79. The lowest BCUT2D eigenvalue weighted by molar-refractivity contribution is 0.130. The summed E-state index contributed by atoms with van der Waals surface area (Å²) in [5, 5.41) is 3.81. The molecule has 0 bridgehead atoms. The smallest absolute Gasteiger partial charge is 0.204 e. The largest absolute Gasteiger partial charge is 0.348 e. The molecule has 2 rings (SSSR count). The van der Waals surface area contributed by atoms with Gasteiger partial charge in [-0.15, -0.1) is 0 Å². The van der Waals surface area contributed by atoms with Gasteiger partial charge < -0.3 is 14.8 Å². The summed E-state index contributed by atoms with van der Waals surface area (Å²) in [6.07, 6.45) is 7.41. The topological polar surface area (TPSA) is 33.1 Å². The molecule has 1 aliphatic rings. The zero-order chi connectivity index (χ0) is 15.6. The summed E-state index contributed by atoms with van der Waals surface area (Å²) < 4.78 is 2.18. The third kappa shape index (κ3) is 3.79. The van der Waals surface area contributed by atoms with Gasteiger partial charge in [-0.1, -0.05) is 33.6 Å². The monoisotopic (exact) mass is 292 g/mol. The molecule has 120 valence electrons. The van der Waals surface area contributed by atoms with Gasteiger partial charge in [-0.05, 0) is 24.2 Å². The van der Waals surface area contributed by atoms with Gasteiger partial charge in [0.05, 0.1) is 11.9 Å². The van der Waals surface area contributed by atoms with Gasteiger partial charge in [0.15, 0.2) is 0 Å². The molecule has 1 aromatic heterocycles. The highest BCUT2D eigenvalue weighted by atomic mass is 15.3. The minimum atomic E-state index is 0.388. The molecule has 0 amide bonds. The van der Waals surface area contributed by atoms with Gasteiger partial charge in [0.2, 0.25) is 5.95 Å². The summed E-state index contributed by atoms with van der Waals surface area (Å²) in [6.45, 7) is 8.05. The summed E-state index contributed by atoms with van der Waals surface area (Å²) in [5.41, 5.74) is 1.65. The van der Waals surface area contributed by atoms with E-state index in [9.17, 15) is 0 Å². The second-order valence-electron chi connectivity index (χ2n) is 7.75. The van der Waals surface area contributed by atoms with Gasteiger partial charge in [-0.2, -0.15) is 0 Å². The number of hydrogen-bond acceptors (Lipinski definition) is 3. The fourth-order valence-corrected chi connectivity index (χ4v) is 3.66. The first-order chi connectivity index (χ1) is 9.80. The Morgan fingerprint density at radius 3 is 2.52 bits per heavy atom. The van der Waals surface area contributed by atoms with Crippen LogP contribution in [0.3, 0.4) is 0 Å². The van der Waals surface area contributed by atoms with Crippen LogP contribution in [-0.4, -0.2) is 29.7 Å². The quantitative estimate of drug-likeness (QED) is 0.925. The Labute approximate surface area is 129 Å². The van der Waals surface area contributed by atoms with E-state index in [2.05, 4.69) is 47.6 Å². The van der Waals surface area contributed by atoms with E-state index in [1.54, 1.807) is 0 Å². The molecule has 0 saturated heterocycles. The maximum atomic E-state index is 4.50. The Balaban J connectivity index is 2.01. The van der Waals surface area contributed by atoms with Crippen molar-refractivity contribution in [3.8, 4) is 0 Å². The number of hydrogen-bond donors (Lipinski definition) is 1. The van der Waals surface area contributed by atoms with Crippen LogP contribution in [0, 0.1) is 11.3 Å². The Bertz CT molecular complexity index is 456. The highest BCUT2D eigenvalue weighted by Crippen LogP contribution is 2.38. The van der Waals surface area contributed by atoms with Crippen molar-refractivity contribution in [2.24, 2.45) is 18.4 Å². The number of anilines is 1. The summed E-state index contributed by atoms with van der Waals surface area (Å²) in [6, 6.07) is 0.636. The highest BCUT2D eigenvalue weighted by Gasteiger charge is 2.33. The zero-order valence-electron chi connectivity index (χ0n) is 14.6. The van der Waals surface area contributed by atoms with Crippen molar-refractivity contribution >= 4 is 5.95 Å². The van der Waals surface area contributed by atoms with Crippen LogP contribution in [0.1, 0.15) is 52.1 Å². The number of rotatable bonds is 4. The summed E-state index contributed by atoms with van der Waals surface area (Å²) in [4.78, 5) is 6.55. The lowest BCUT2D eigenvalue weighted by Crippen LogP contribution is -2.44. The number of nitrogens with one attached hydrogen (secondary N) is 1. The molecule has 21 heavy (non-hydrogen) atoms.